The zero-order valence-electron chi connectivity index (χ0n) is 17.9. The number of urea groups is 1. The Morgan fingerprint density at radius 1 is 1.16 bits per heavy atom. The molecule has 0 saturated heterocycles. The number of unbranched alkanes of at least 4 members (excludes halogenated alkanes) is 1. The molecule has 7 heteroatoms. The molecule has 1 atom stereocenters. The van der Waals surface area contributed by atoms with Gasteiger partial charge in [0, 0.05) is 22.8 Å². The van der Waals surface area contributed by atoms with Gasteiger partial charge < -0.3 is 9.84 Å². The molecule has 4 rings (SSSR count). The van der Waals surface area contributed by atoms with Crippen molar-refractivity contribution in [3.8, 4) is 11.4 Å². The molecule has 0 radical (unpaired) electrons. The fraction of sp³-hybridized carbons (Fsp3) is 0.292. The second-order valence-electron chi connectivity index (χ2n) is 7.73. The maximum absolute atomic E-state index is 12.9. The van der Waals surface area contributed by atoms with Crippen LogP contribution in [0.15, 0.2) is 58.8 Å². The van der Waals surface area contributed by atoms with Crippen LogP contribution in [0.4, 0.5) is 4.79 Å². The molecule has 0 saturated carbocycles. The Labute approximate surface area is 186 Å². The molecule has 0 bridgehead atoms. The number of amides is 2. The smallest absolute Gasteiger partial charge is 0.322 e. The summed E-state index contributed by atoms with van der Waals surface area (Å²) in [6.45, 7) is 6.71. The number of hydrogen-bond donors (Lipinski definition) is 1. The highest BCUT2D eigenvalue weighted by molar-refractivity contribution is 6.30. The highest BCUT2D eigenvalue weighted by Crippen LogP contribution is 2.37. The third kappa shape index (κ3) is 4.35. The largest absolute Gasteiger partial charge is 0.334 e. The molecule has 1 unspecified atom stereocenters. The number of allylic oxidation sites excluding steroid dienone is 1. The van der Waals surface area contributed by atoms with Crippen LogP contribution >= 0.6 is 11.6 Å². The molecule has 0 aliphatic carbocycles. The molecule has 1 aromatic heterocycles. The quantitative estimate of drug-likeness (QED) is 0.514. The van der Waals surface area contributed by atoms with Crippen LogP contribution in [0.25, 0.3) is 17.0 Å². The lowest BCUT2D eigenvalue weighted by Gasteiger charge is -2.35. The van der Waals surface area contributed by atoms with Crippen LogP contribution in [0.5, 0.6) is 0 Å². The van der Waals surface area contributed by atoms with Crippen molar-refractivity contribution in [1.29, 1.82) is 0 Å². The van der Waals surface area contributed by atoms with Gasteiger partial charge in [-0.25, -0.2) is 4.79 Å². The van der Waals surface area contributed by atoms with Crippen molar-refractivity contribution < 1.29 is 9.32 Å². The summed E-state index contributed by atoms with van der Waals surface area (Å²) in [6.07, 6.45) is 1.90. The van der Waals surface area contributed by atoms with E-state index in [1.807, 2.05) is 50.2 Å². The van der Waals surface area contributed by atoms with Gasteiger partial charge >= 0.3 is 6.03 Å². The van der Waals surface area contributed by atoms with E-state index >= 15 is 0 Å². The minimum absolute atomic E-state index is 0.116. The molecule has 0 spiro atoms. The molecule has 2 aromatic carbocycles. The molecule has 1 N–H and O–H groups in total. The van der Waals surface area contributed by atoms with Crippen LogP contribution in [-0.4, -0.2) is 27.6 Å². The first-order valence-electron chi connectivity index (χ1n) is 10.4. The van der Waals surface area contributed by atoms with Gasteiger partial charge in [-0.3, -0.25) is 4.90 Å². The number of hydrogen-bond acceptors (Lipinski definition) is 4. The normalized spacial score (nSPS) is 16.6. The van der Waals surface area contributed by atoms with Gasteiger partial charge in [0.15, 0.2) is 0 Å². The molecular formula is C24H25ClN4O2. The van der Waals surface area contributed by atoms with Gasteiger partial charge in [-0.1, -0.05) is 72.1 Å². The number of halogens is 1. The molecule has 0 fully saturated rings. The van der Waals surface area contributed by atoms with E-state index in [0.717, 1.165) is 40.8 Å². The number of carbonyl (C=O) groups excluding carboxylic acids is 1. The number of nitrogens with zero attached hydrogens (tertiary/aromatic N) is 3. The van der Waals surface area contributed by atoms with E-state index in [-0.39, 0.29) is 12.1 Å². The van der Waals surface area contributed by atoms with Gasteiger partial charge in [0.2, 0.25) is 5.82 Å². The highest BCUT2D eigenvalue weighted by Gasteiger charge is 2.35. The summed E-state index contributed by atoms with van der Waals surface area (Å²) in [5.74, 6) is 0.844. The van der Waals surface area contributed by atoms with Gasteiger partial charge in [0.1, 0.15) is 0 Å². The van der Waals surface area contributed by atoms with Crippen LogP contribution in [-0.2, 0) is 0 Å². The van der Waals surface area contributed by atoms with Crippen molar-refractivity contribution >= 4 is 23.2 Å². The summed E-state index contributed by atoms with van der Waals surface area (Å²) in [5.41, 5.74) is 4.52. The molecule has 1 aliphatic rings. The Morgan fingerprint density at radius 3 is 2.65 bits per heavy atom. The van der Waals surface area contributed by atoms with E-state index in [0.29, 0.717) is 23.3 Å². The molecule has 2 amide bonds. The average Bonchev–Trinajstić information content (AvgIpc) is 3.23. The summed E-state index contributed by atoms with van der Waals surface area (Å²) < 4.78 is 5.69. The monoisotopic (exact) mass is 436 g/mol. The van der Waals surface area contributed by atoms with Crippen molar-refractivity contribution in [1.82, 2.24) is 20.4 Å². The second kappa shape index (κ2) is 8.94. The van der Waals surface area contributed by atoms with Gasteiger partial charge in [-0.15, -0.1) is 0 Å². The fourth-order valence-electron chi connectivity index (χ4n) is 3.73. The predicted octanol–water partition coefficient (Wildman–Crippen LogP) is 6.00. The molecule has 2 heterocycles. The topological polar surface area (TPSA) is 71.3 Å². The Morgan fingerprint density at radius 2 is 1.94 bits per heavy atom. The van der Waals surface area contributed by atoms with Crippen LogP contribution in [0.1, 0.15) is 49.7 Å². The lowest BCUT2D eigenvalue weighted by Crippen LogP contribution is -2.46. The number of rotatable bonds is 6. The number of carbonyl (C=O) groups is 1. The Balaban J connectivity index is 1.80. The zero-order chi connectivity index (χ0) is 22.0. The standard InChI is InChI=1S/C24H25ClN4O2/c1-4-5-13-29-16(3)20(21(26-24(29)30)17-11-9-15(2)10-12-17)23-27-22(28-31-23)18-7-6-8-19(25)14-18/h6-12,14,21H,4-5,13H2,1-3H3,(H,26,30). The number of benzene rings is 2. The van der Waals surface area contributed by atoms with E-state index in [1.165, 1.54) is 0 Å². The van der Waals surface area contributed by atoms with Crippen LogP contribution in [0.3, 0.4) is 0 Å². The summed E-state index contributed by atoms with van der Waals surface area (Å²) in [7, 11) is 0. The summed E-state index contributed by atoms with van der Waals surface area (Å²) in [4.78, 5) is 19.3. The molecule has 1 aliphatic heterocycles. The van der Waals surface area contributed by atoms with Gasteiger partial charge in [-0.05, 0) is 38.0 Å². The maximum Gasteiger partial charge on any atom is 0.322 e. The molecule has 160 valence electrons. The number of aromatic nitrogens is 2. The first-order chi connectivity index (χ1) is 15.0. The van der Waals surface area contributed by atoms with E-state index in [9.17, 15) is 4.79 Å². The maximum atomic E-state index is 12.9. The first-order valence-corrected chi connectivity index (χ1v) is 10.8. The zero-order valence-corrected chi connectivity index (χ0v) is 18.6. The Hall–Kier alpha value is -3.12. The van der Waals surface area contributed by atoms with E-state index in [4.69, 9.17) is 16.1 Å². The van der Waals surface area contributed by atoms with Crippen LogP contribution < -0.4 is 5.32 Å². The van der Waals surface area contributed by atoms with Gasteiger partial charge in [0.25, 0.3) is 5.89 Å². The van der Waals surface area contributed by atoms with E-state index < -0.39 is 0 Å². The SMILES string of the molecule is CCCCN1C(=O)NC(c2ccc(C)cc2)C(c2nc(-c3cccc(Cl)c3)no2)=C1C. The van der Waals surface area contributed by atoms with Crippen molar-refractivity contribution in [2.24, 2.45) is 0 Å². The van der Waals surface area contributed by atoms with Crippen molar-refractivity contribution in [3.63, 3.8) is 0 Å². The predicted molar refractivity (Wildman–Crippen MR) is 121 cm³/mol. The Kier molecular flexibility index (Phi) is 6.09. The number of aryl methyl sites for hydroxylation is 1. The van der Waals surface area contributed by atoms with Crippen molar-refractivity contribution in [3.05, 3.63) is 76.3 Å². The summed E-state index contributed by atoms with van der Waals surface area (Å²) >= 11 is 6.12. The minimum Gasteiger partial charge on any atom is -0.334 e. The average molecular weight is 437 g/mol. The van der Waals surface area contributed by atoms with Crippen LogP contribution in [0.2, 0.25) is 5.02 Å². The van der Waals surface area contributed by atoms with Crippen molar-refractivity contribution in [2.75, 3.05) is 6.54 Å². The molecule has 6 nitrogen and oxygen atoms in total. The molecule has 3 aromatic rings. The number of nitrogens with one attached hydrogen (secondary N) is 1. The van der Waals surface area contributed by atoms with Gasteiger partial charge in [-0.2, -0.15) is 4.98 Å². The minimum atomic E-state index is -0.376. The summed E-state index contributed by atoms with van der Waals surface area (Å²) in [6, 6.07) is 14.9. The molecule has 31 heavy (non-hydrogen) atoms. The molecular weight excluding hydrogens is 412 g/mol. The Bertz CT molecular complexity index is 1120. The van der Waals surface area contributed by atoms with Crippen molar-refractivity contribution in [2.45, 2.75) is 39.7 Å². The highest BCUT2D eigenvalue weighted by atomic mass is 35.5. The third-order valence-corrected chi connectivity index (χ3v) is 5.72. The lowest BCUT2D eigenvalue weighted by atomic mass is 9.94. The van der Waals surface area contributed by atoms with Crippen LogP contribution in [0, 0.1) is 6.92 Å². The third-order valence-electron chi connectivity index (χ3n) is 5.48. The van der Waals surface area contributed by atoms with E-state index in [1.54, 1.807) is 17.0 Å². The lowest BCUT2D eigenvalue weighted by molar-refractivity contribution is 0.204. The summed E-state index contributed by atoms with van der Waals surface area (Å²) in [5, 5.41) is 7.91. The second-order valence-corrected chi connectivity index (χ2v) is 8.17. The fourth-order valence-corrected chi connectivity index (χ4v) is 3.92. The first kappa shape index (κ1) is 21.1. The van der Waals surface area contributed by atoms with Gasteiger partial charge in [0.05, 0.1) is 11.6 Å². The van der Waals surface area contributed by atoms with E-state index in [2.05, 4.69) is 22.4 Å².